The summed E-state index contributed by atoms with van der Waals surface area (Å²) in [5.41, 5.74) is -0.0557. The van der Waals surface area contributed by atoms with E-state index in [1.165, 1.54) is 16.1 Å². The van der Waals surface area contributed by atoms with Crippen molar-refractivity contribution in [2.24, 2.45) is 14.1 Å². The number of rotatable bonds is 5. The predicted molar refractivity (Wildman–Crippen MR) is 113 cm³/mol. The molecule has 0 amide bonds. The SMILES string of the molecule is CCS(=O)(=O)c1c(-c2nc3cc(C(F)(F)F)cnc3n2C)nc(-c2cnn(C3CC3)c2)n1C. The van der Waals surface area contributed by atoms with Crippen molar-refractivity contribution in [3.63, 3.8) is 0 Å². The van der Waals surface area contributed by atoms with Gasteiger partial charge in [-0.3, -0.25) is 4.68 Å². The molecule has 0 radical (unpaired) electrons. The van der Waals surface area contributed by atoms with Gasteiger partial charge >= 0.3 is 6.18 Å². The van der Waals surface area contributed by atoms with Gasteiger partial charge in [-0.05, 0) is 18.9 Å². The molecule has 4 aromatic heterocycles. The minimum atomic E-state index is -4.57. The molecule has 0 unspecified atom stereocenters. The van der Waals surface area contributed by atoms with Gasteiger partial charge in [0.05, 0.1) is 29.1 Å². The van der Waals surface area contributed by atoms with Crippen LogP contribution < -0.4 is 0 Å². The van der Waals surface area contributed by atoms with Crippen molar-refractivity contribution in [1.82, 2.24) is 33.9 Å². The maximum atomic E-state index is 13.1. The van der Waals surface area contributed by atoms with Crippen molar-refractivity contribution in [1.29, 1.82) is 0 Å². The fourth-order valence-corrected chi connectivity index (χ4v) is 5.02. The number of nitrogens with zero attached hydrogens (tertiary/aromatic N) is 7. The Hall–Kier alpha value is -3.22. The summed E-state index contributed by atoms with van der Waals surface area (Å²) in [6, 6.07) is 1.23. The van der Waals surface area contributed by atoms with Crippen LogP contribution in [0.15, 0.2) is 29.7 Å². The molecule has 1 aliphatic rings. The first-order valence-corrected chi connectivity index (χ1v) is 11.9. The van der Waals surface area contributed by atoms with Gasteiger partial charge in [0.2, 0.25) is 0 Å². The first kappa shape index (κ1) is 21.6. The fourth-order valence-electron chi connectivity index (χ4n) is 3.82. The summed E-state index contributed by atoms with van der Waals surface area (Å²) in [5, 5.41) is 4.29. The highest BCUT2D eigenvalue weighted by atomic mass is 32.2. The van der Waals surface area contributed by atoms with Crippen LogP contribution in [0.5, 0.6) is 0 Å². The molecule has 13 heteroatoms. The summed E-state index contributed by atoms with van der Waals surface area (Å²) in [5.74, 6) is 0.306. The first-order chi connectivity index (χ1) is 15.5. The molecule has 5 rings (SSSR count). The normalized spacial score (nSPS) is 15.0. The van der Waals surface area contributed by atoms with Crippen LogP contribution in [0.4, 0.5) is 13.2 Å². The Bertz CT molecular complexity index is 1490. The second-order valence-electron chi connectivity index (χ2n) is 8.05. The smallest absolute Gasteiger partial charge is 0.318 e. The highest BCUT2D eigenvalue weighted by molar-refractivity contribution is 7.91. The summed E-state index contributed by atoms with van der Waals surface area (Å²) >= 11 is 0. The maximum absolute atomic E-state index is 13.1. The molecule has 0 N–H and O–H groups in total. The lowest BCUT2D eigenvalue weighted by Crippen LogP contribution is -2.11. The molecule has 0 spiro atoms. The average molecular weight is 479 g/mol. The molecule has 4 heterocycles. The van der Waals surface area contributed by atoms with E-state index in [0.29, 0.717) is 17.4 Å². The standard InChI is InChI=1S/C20H20F3N7O2S/c1-4-33(31,32)19-15(27-16(29(19)3)11-8-25-30(10-11)13-5-6-13)18-26-14-7-12(20(21,22)23)9-24-17(14)28(18)2/h7-10,13H,4-6H2,1-3H3. The van der Waals surface area contributed by atoms with E-state index in [1.54, 1.807) is 20.3 Å². The average Bonchev–Trinajstić information content (AvgIpc) is 3.25. The van der Waals surface area contributed by atoms with E-state index in [1.807, 2.05) is 10.9 Å². The number of imidazole rings is 2. The van der Waals surface area contributed by atoms with E-state index < -0.39 is 21.6 Å². The Morgan fingerprint density at radius 3 is 2.45 bits per heavy atom. The molecule has 0 saturated heterocycles. The van der Waals surface area contributed by atoms with Crippen molar-refractivity contribution in [2.75, 3.05) is 5.75 Å². The number of hydrogen-bond donors (Lipinski definition) is 0. The second kappa shape index (κ2) is 7.14. The monoisotopic (exact) mass is 479 g/mol. The van der Waals surface area contributed by atoms with Crippen LogP contribution in [0.1, 0.15) is 31.4 Å². The molecular weight excluding hydrogens is 459 g/mol. The third kappa shape index (κ3) is 3.50. The van der Waals surface area contributed by atoms with E-state index in [-0.39, 0.29) is 33.5 Å². The van der Waals surface area contributed by atoms with E-state index in [2.05, 4.69) is 20.1 Å². The molecule has 33 heavy (non-hydrogen) atoms. The lowest BCUT2D eigenvalue weighted by Gasteiger charge is -2.07. The molecule has 0 atom stereocenters. The van der Waals surface area contributed by atoms with Crippen molar-refractivity contribution in [3.8, 4) is 22.9 Å². The van der Waals surface area contributed by atoms with E-state index in [4.69, 9.17) is 0 Å². The second-order valence-corrected chi connectivity index (χ2v) is 10.2. The van der Waals surface area contributed by atoms with Gasteiger partial charge < -0.3 is 9.13 Å². The number of hydrogen-bond acceptors (Lipinski definition) is 6. The van der Waals surface area contributed by atoms with Crippen molar-refractivity contribution in [2.45, 2.75) is 37.0 Å². The molecule has 0 bridgehead atoms. The van der Waals surface area contributed by atoms with Crippen LogP contribution in [0.3, 0.4) is 0 Å². The van der Waals surface area contributed by atoms with Gasteiger partial charge in [-0.2, -0.15) is 18.3 Å². The highest BCUT2D eigenvalue weighted by Crippen LogP contribution is 2.37. The maximum Gasteiger partial charge on any atom is 0.417 e. The number of alkyl halides is 3. The molecular formula is C20H20F3N7O2S. The van der Waals surface area contributed by atoms with Crippen molar-refractivity contribution in [3.05, 3.63) is 30.2 Å². The molecule has 174 valence electrons. The van der Waals surface area contributed by atoms with Crippen molar-refractivity contribution < 1.29 is 21.6 Å². The molecule has 1 fully saturated rings. The Labute approximate surface area is 186 Å². The number of fused-ring (bicyclic) bond motifs is 1. The Morgan fingerprint density at radius 1 is 1.09 bits per heavy atom. The number of aromatic nitrogens is 7. The highest BCUT2D eigenvalue weighted by Gasteiger charge is 2.33. The number of sulfone groups is 1. The van der Waals surface area contributed by atoms with Crippen LogP contribution >= 0.6 is 0 Å². The molecule has 4 aromatic rings. The predicted octanol–water partition coefficient (Wildman–Crippen LogP) is 3.38. The molecule has 0 aromatic carbocycles. The van der Waals surface area contributed by atoms with E-state index in [0.717, 1.165) is 25.1 Å². The zero-order valence-electron chi connectivity index (χ0n) is 18.0. The molecule has 9 nitrogen and oxygen atoms in total. The molecule has 1 aliphatic carbocycles. The molecule has 0 aliphatic heterocycles. The Balaban J connectivity index is 1.73. The summed E-state index contributed by atoms with van der Waals surface area (Å²) in [4.78, 5) is 12.8. The summed E-state index contributed by atoms with van der Waals surface area (Å²) in [7, 11) is -0.607. The summed E-state index contributed by atoms with van der Waals surface area (Å²) in [6.45, 7) is 1.52. The van der Waals surface area contributed by atoms with Crippen LogP contribution in [-0.4, -0.2) is 48.0 Å². The van der Waals surface area contributed by atoms with Crippen LogP contribution in [0.2, 0.25) is 0 Å². The Morgan fingerprint density at radius 2 is 1.82 bits per heavy atom. The minimum absolute atomic E-state index is 0.00377. The fraction of sp³-hybridized carbons (Fsp3) is 0.400. The third-order valence-electron chi connectivity index (χ3n) is 5.75. The summed E-state index contributed by atoms with van der Waals surface area (Å²) < 4.78 is 70.2. The van der Waals surface area contributed by atoms with Gasteiger partial charge in [0, 0.05) is 26.5 Å². The lowest BCUT2D eigenvalue weighted by atomic mass is 10.2. The van der Waals surface area contributed by atoms with E-state index >= 15 is 0 Å². The van der Waals surface area contributed by atoms with Crippen LogP contribution in [-0.2, 0) is 30.1 Å². The number of pyridine rings is 1. The van der Waals surface area contributed by atoms with Crippen LogP contribution in [0, 0.1) is 0 Å². The first-order valence-electron chi connectivity index (χ1n) is 10.2. The number of aryl methyl sites for hydroxylation is 1. The van der Waals surface area contributed by atoms with E-state index in [9.17, 15) is 21.6 Å². The van der Waals surface area contributed by atoms with Crippen LogP contribution in [0.25, 0.3) is 34.1 Å². The largest absolute Gasteiger partial charge is 0.417 e. The topological polar surface area (TPSA) is 100 Å². The Kier molecular flexibility index (Phi) is 4.68. The number of halogens is 3. The van der Waals surface area contributed by atoms with Gasteiger partial charge in [-0.25, -0.2) is 23.4 Å². The van der Waals surface area contributed by atoms with Gasteiger partial charge in [-0.15, -0.1) is 0 Å². The van der Waals surface area contributed by atoms with Gasteiger partial charge in [0.1, 0.15) is 17.0 Å². The quantitative estimate of drug-likeness (QED) is 0.435. The van der Waals surface area contributed by atoms with Gasteiger partial charge in [0.15, 0.2) is 26.3 Å². The zero-order valence-corrected chi connectivity index (χ0v) is 18.8. The lowest BCUT2D eigenvalue weighted by molar-refractivity contribution is -0.137. The van der Waals surface area contributed by atoms with Crippen molar-refractivity contribution >= 4 is 21.0 Å². The zero-order chi connectivity index (χ0) is 23.7. The minimum Gasteiger partial charge on any atom is -0.318 e. The van der Waals surface area contributed by atoms with Gasteiger partial charge in [0.25, 0.3) is 0 Å². The third-order valence-corrected chi connectivity index (χ3v) is 7.56. The summed E-state index contributed by atoms with van der Waals surface area (Å²) in [6.07, 6.45) is 1.67. The molecule has 1 saturated carbocycles. The van der Waals surface area contributed by atoms with Gasteiger partial charge in [-0.1, -0.05) is 6.92 Å².